The monoisotopic (exact) mass is 214 g/mol. The Morgan fingerprint density at radius 1 is 1.40 bits per heavy atom. The average molecular weight is 214 g/mol. The second kappa shape index (κ2) is 5.30. The minimum Gasteiger partial charge on any atom is -0.355 e. The maximum atomic E-state index is 11.4. The van der Waals surface area contributed by atoms with E-state index in [0.717, 1.165) is 0 Å². The lowest BCUT2D eigenvalue weighted by atomic mass is 10.2. The van der Waals surface area contributed by atoms with E-state index in [4.69, 9.17) is 0 Å². The second-order valence-electron chi connectivity index (χ2n) is 3.22. The molecule has 0 aromatic carbocycles. The van der Waals surface area contributed by atoms with Gasteiger partial charge < -0.3 is 10.6 Å². The molecular formula is C8H14N4O3. The fourth-order valence-electron chi connectivity index (χ4n) is 1.16. The maximum absolute atomic E-state index is 11.4. The fourth-order valence-corrected chi connectivity index (χ4v) is 1.16. The molecule has 1 aliphatic heterocycles. The molecule has 1 atom stereocenters. The molecule has 0 aliphatic carbocycles. The smallest absolute Gasteiger partial charge is 0.239 e. The van der Waals surface area contributed by atoms with Crippen molar-refractivity contribution < 1.29 is 14.4 Å². The van der Waals surface area contributed by atoms with Gasteiger partial charge in [-0.15, -0.1) is 0 Å². The number of hydrazine groups is 1. The molecule has 0 radical (unpaired) electrons. The Bertz CT molecular complexity index is 279. The van der Waals surface area contributed by atoms with Gasteiger partial charge in [-0.2, -0.15) is 0 Å². The highest BCUT2D eigenvalue weighted by atomic mass is 16.2. The lowest BCUT2D eigenvalue weighted by Crippen LogP contribution is -2.45. The van der Waals surface area contributed by atoms with Gasteiger partial charge in [0.1, 0.15) is 6.04 Å². The van der Waals surface area contributed by atoms with Crippen molar-refractivity contribution in [3.05, 3.63) is 0 Å². The summed E-state index contributed by atoms with van der Waals surface area (Å²) in [6.45, 7) is 2.14. The van der Waals surface area contributed by atoms with Gasteiger partial charge in [-0.3, -0.25) is 19.8 Å². The fraction of sp³-hybridized carbons (Fsp3) is 0.625. The zero-order valence-electron chi connectivity index (χ0n) is 8.42. The lowest BCUT2D eigenvalue weighted by Gasteiger charge is -2.09. The minimum atomic E-state index is -0.519. The number of rotatable bonds is 4. The van der Waals surface area contributed by atoms with E-state index in [2.05, 4.69) is 21.5 Å². The third-order valence-corrected chi connectivity index (χ3v) is 1.89. The van der Waals surface area contributed by atoms with Crippen LogP contribution in [0.3, 0.4) is 0 Å². The molecule has 84 valence electrons. The lowest BCUT2D eigenvalue weighted by molar-refractivity contribution is -0.124. The normalized spacial score (nSPS) is 19.5. The zero-order valence-corrected chi connectivity index (χ0v) is 8.42. The summed E-state index contributed by atoms with van der Waals surface area (Å²) in [5.74, 6) is -0.587. The first-order valence-corrected chi connectivity index (χ1v) is 4.66. The van der Waals surface area contributed by atoms with Gasteiger partial charge >= 0.3 is 0 Å². The Morgan fingerprint density at radius 2 is 2.07 bits per heavy atom. The summed E-state index contributed by atoms with van der Waals surface area (Å²) in [6, 6.07) is -0.519. The van der Waals surface area contributed by atoms with Crippen LogP contribution >= 0.6 is 0 Å². The maximum Gasteiger partial charge on any atom is 0.239 e. The van der Waals surface area contributed by atoms with E-state index in [9.17, 15) is 14.4 Å². The van der Waals surface area contributed by atoms with E-state index in [1.807, 2.05) is 0 Å². The average Bonchev–Trinajstić information content (AvgIpc) is 2.59. The van der Waals surface area contributed by atoms with Crippen molar-refractivity contribution in [3.8, 4) is 0 Å². The van der Waals surface area contributed by atoms with Crippen LogP contribution in [-0.2, 0) is 14.4 Å². The minimum absolute atomic E-state index is 0.139. The molecule has 4 N–H and O–H groups in total. The van der Waals surface area contributed by atoms with E-state index in [1.165, 1.54) is 6.92 Å². The highest BCUT2D eigenvalue weighted by molar-refractivity contribution is 5.90. The van der Waals surface area contributed by atoms with Crippen molar-refractivity contribution in [1.29, 1.82) is 0 Å². The summed E-state index contributed by atoms with van der Waals surface area (Å²) in [5, 5.41) is 5.14. The molecule has 0 aromatic heterocycles. The Hall–Kier alpha value is -1.63. The van der Waals surface area contributed by atoms with Crippen molar-refractivity contribution >= 4 is 17.7 Å². The molecule has 1 rings (SSSR count). The van der Waals surface area contributed by atoms with Gasteiger partial charge in [-0.05, 0) is 0 Å². The SMILES string of the molecule is CC(=O)NCCNC(=O)C1CC(=O)NN1. The van der Waals surface area contributed by atoms with Gasteiger partial charge in [0.05, 0.1) is 6.42 Å². The van der Waals surface area contributed by atoms with Crippen LogP contribution in [0.4, 0.5) is 0 Å². The van der Waals surface area contributed by atoms with Crippen LogP contribution in [0.25, 0.3) is 0 Å². The predicted molar refractivity (Wildman–Crippen MR) is 51.4 cm³/mol. The first-order valence-electron chi connectivity index (χ1n) is 4.66. The van der Waals surface area contributed by atoms with E-state index < -0.39 is 6.04 Å². The molecule has 7 heteroatoms. The van der Waals surface area contributed by atoms with Crippen LogP contribution < -0.4 is 21.5 Å². The molecular weight excluding hydrogens is 200 g/mol. The largest absolute Gasteiger partial charge is 0.355 e. The predicted octanol–water partition coefficient (Wildman–Crippen LogP) is -2.37. The van der Waals surface area contributed by atoms with Crippen molar-refractivity contribution in [2.75, 3.05) is 13.1 Å². The number of carbonyl (C=O) groups excluding carboxylic acids is 3. The van der Waals surface area contributed by atoms with Gasteiger partial charge in [0.15, 0.2) is 0 Å². The van der Waals surface area contributed by atoms with Gasteiger partial charge in [0, 0.05) is 20.0 Å². The molecule has 0 aromatic rings. The summed E-state index contributed by atoms with van der Waals surface area (Å²) in [4.78, 5) is 32.6. The van der Waals surface area contributed by atoms with Crippen molar-refractivity contribution in [2.24, 2.45) is 0 Å². The Kier molecular flexibility index (Phi) is 4.04. The number of hydrogen-bond donors (Lipinski definition) is 4. The van der Waals surface area contributed by atoms with Gasteiger partial charge in [0.25, 0.3) is 0 Å². The molecule has 15 heavy (non-hydrogen) atoms. The molecule has 1 saturated heterocycles. The van der Waals surface area contributed by atoms with Gasteiger partial charge in [0.2, 0.25) is 17.7 Å². The molecule has 0 saturated carbocycles. The van der Waals surface area contributed by atoms with Crippen LogP contribution in [0.2, 0.25) is 0 Å². The second-order valence-corrected chi connectivity index (χ2v) is 3.22. The van der Waals surface area contributed by atoms with E-state index in [1.54, 1.807) is 0 Å². The van der Waals surface area contributed by atoms with Crippen LogP contribution in [0.1, 0.15) is 13.3 Å². The molecule has 1 heterocycles. The molecule has 7 nitrogen and oxygen atoms in total. The Morgan fingerprint density at radius 3 is 2.60 bits per heavy atom. The molecule has 3 amide bonds. The third kappa shape index (κ3) is 3.94. The van der Waals surface area contributed by atoms with Gasteiger partial charge in [-0.1, -0.05) is 0 Å². The summed E-state index contributed by atoms with van der Waals surface area (Å²) < 4.78 is 0. The molecule has 1 aliphatic rings. The van der Waals surface area contributed by atoms with Crippen molar-refractivity contribution in [1.82, 2.24) is 21.5 Å². The number of amides is 3. The Balaban J connectivity index is 2.13. The quantitative estimate of drug-likeness (QED) is 0.393. The molecule has 1 unspecified atom stereocenters. The molecule has 0 spiro atoms. The Labute approximate surface area is 86.9 Å². The topological polar surface area (TPSA) is 99.3 Å². The van der Waals surface area contributed by atoms with Crippen molar-refractivity contribution in [2.45, 2.75) is 19.4 Å². The highest BCUT2D eigenvalue weighted by Crippen LogP contribution is 1.96. The van der Waals surface area contributed by atoms with E-state index in [0.29, 0.717) is 13.1 Å². The standard InChI is InChI=1S/C8H14N4O3/c1-5(13)9-2-3-10-8(15)6-4-7(14)12-11-6/h6,11H,2-4H2,1H3,(H,9,13)(H,10,15)(H,12,14). The summed E-state index contributed by atoms with van der Waals surface area (Å²) in [5.41, 5.74) is 4.90. The van der Waals surface area contributed by atoms with Crippen LogP contribution in [0.15, 0.2) is 0 Å². The summed E-state index contributed by atoms with van der Waals surface area (Å²) >= 11 is 0. The highest BCUT2D eigenvalue weighted by Gasteiger charge is 2.26. The third-order valence-electron chi connectivity index (χ3n) is 1.89. The van der Waals surface area contributed by atoms with Crippen LogP contribution in [0, 0.1) is 0 Å². The van der Waals surface area contributed by atoms with Crippen molar-refractivity contribution in [3.63, 3.8) is 0 Å². The molecule has 1 fully saturated rings. The number of hydrogen-bond acceptors (Lipinski definition) is 4. The van der Waals surface area contributed by atoms with Gasteiger partial charge in [-0.25, -0.2) is 5.43 Å². The molecule has 0 bridgehead atoms. The van der Waals surface area contributed by atoms with E-state index in [-0.39, 0.29) is 24.1 Å². The summed E-state index contributed by atoms with van der Waals surface area (Å²) in [7, 11) is 0. The first-order chi connectivity index (χ1) is 7.09. The first kappa shape index (κ1) is 11.4. The number of nitrogens with one attached hydrogen (secondary N) is 4. The van der Waals surface area contributed by atoms with Crippen LogP contribution in [0.5, 0.6) is 0 Å². The number of carbonyl (C=O) groups is 3. The van der Waals surface area contributed by atoms with Crippen LogP contribution in [-0.4, -0.2) is 36.9 Å². The summed E-state index contributed by atoms with van der Waals surface area (Å²) in [6.07, 6.45) is 0.145. The van der Waals surface area contributed by atoms with E-state index >= 15 is 0 Å². The zero-order chi connectivity index (χ0) is 11.3.